The van der Waals surface area contributed by atoms with Gasteiger partial charge in [0, 0.05) is 17.1 Å². The number of hydrogen-bond acceptors (Lipinski definition) is 2. The predicted molar refractivity (Wildman–Crippen MR) is 84.6 cm³/mol. The molecule has 3 rings (SSSR count). The lowest BCUT2D eigenvalue weighted by Gasteiger charge is -2.48. The van der Waals surface area contributed by atoms with Crippen LogP contribution in [0, 0.1) is 0 Å². The Labute approximate surface area is 130 Å². The third-order valence-electron chi connectivity index (χ3n) is 5.22. The van der Waals surface area contributed by atoms with Gasteiger partial charge in [-0.2, -0.15) is 0 Å². The van der Waals surface area contributed by atoms with Gasteiger partial charge in [-0.3, -0.25) is 4.90 Å². The average molecular weight is 308 g/mol. The fourth-order valence-corrected chi connectivity index (χ4v) is 3.98. The molecule has 4 nitrogen and oxygen atoms in total. The molecule has 5 heteroatoms. The monoisotopic (exact) mass is 307 g/mol. The number of amides is 2. The van der Waals surface area contributed by atoms with E-state index < -0.39 is 0 Å². The van der Waals surface area contributed by atoms with Gasteiger partial charge in [-0.1, -0.05) is 23.7 Å². The standard InChI is InChI=1S/C16H22ClN3O/c1-20(2)16(12-4-3-5-13(17)10-12)8-6-15(7-9-16)11-18-14(21)19-15/h3-5,10H,6-9,11H2,1-2H3,(H2,18,19,21). The summed E-state index contributed by atoms with van der Waals surface area (Å²) in [6, 6.07) is 8.14. The van der Waals surface area contributed by atoms with Crippen molar-refractivity contribution < 1.29 is 4.79 Å². The molecule has 2 N–H and O–H groups in total. The summed E-state index contributed by atoms with van der Waals surface area (Å²) in [5.41, 5.74) is 1.21. The Hall–Kier alpha value is -1.26. The Bertz CT molecular complexity index is 550. The number of carbonyl (C=O) groups excluding carboxylic acids is 1. The van der Waals surface area contributed by atoms with Crippen LogP contribution in [0.25, 0.3) is 0 Å². The summed E-state index contributed by atoms with van der Waals surface area (Å²) in [4.78, 5) is 13.8. The molecule has 1 aromatic rings. The van der Waals surface area contributed by atoms with E-state index in [1.54, 1.807) is 0 Å². The molecule has 1 aliphatic heterocycles. The van der Waals surface area contributed by atoms with E-state index in [1.807, 2.05) is 12.1 Å². The topological polar surface area (TPSA) is 44.4 Å². The normalized spacial score (nSPS) is 32.3. The van der Waals surface area contributed by atoms with Crippen molar-refractivity contribution in [3.63, 3.8) is 0 Å². The van der Waals surface area contributed by atoms with Crippen molar-refractivity contribution in [2.45, 2.75) is 36.8 Å². The van der Waals surface area contributed by atoms with Crippen LogP contribution in [0.3, 0.4) is 0 Å². The van der Waals surface area contributed by atoms with E-state index >= 15 is 0 Å². The largest absolute Gasteiger partial charge is 0.336 e. The predicted octanol–water partition coefficient (Wildman–Crippen LogP) is 2.72. The molecule has 1 aromatic carbocycles. The number of urea groups is 1. The fraction of sp³-hybridized carbons (Fsp3) is 0.562. The molecule has 1 aliphatic carbocycles. The van der Waals surface area contributed by atoms with E-state index in [9.17, 15) is 4.79 Å². The van der Waals surface area contributed by atoms with Crippen LogP contribution < -0.4 is 10.6 Å². The number of rotatable bonds is 2. The summed E-state index contributed by atoms with van der Waals surface area (Å²) in [5.74, 6) is 0. The van der Waals surface area contributed by atoms with Crippen molar-refractivity contribution in [3.05, 3.63) is 34.9 Å². The quantitative estimate of drug-likeness (QED) is 0.882. The summed E-state index contributed by atoms with van der Waals surface area (Å²) < 4.78 is 0. The molecule has 21 heavy (non-hydrogen) atoms. The molecule has 2 fully saturated rings. The molecule has 0 atom stereocenters. The average Bonchev–Trinajstić information content (AvgIpc) is 2.81. The van der Waals surface area contributed by atoms with Gasteiger partial charge in [0.15, 0.2) is 0 Å². The number of nitrogens with zero attached hydrogens (tertiary/aromatic N) is 1. The lowest BCUT2D eigenvalue weighted by Crippen LogP contribution is -2.53. The van der Waals surface area contributed by atoms with Gasteiger partial charge in [0.05, 0.1) is 5.54 Å². The Balaban J connectivity index is 1.86. The van der Waals surface area contributed by atoms with Crippen LogP contribution in [0.5, 0.6) is 0 Å². The zero-order valence-corrected chi connectivity index (χ0v) is 13.3. The number of carbonyl (C=O) groups is 1. The van der Waals surface area contributed by atoms with Gasteiger partial charge < -0.3 is 10.6 Å². The third kappa shape index (κ3) is 2.51. The van der Waals surface area contributed by atoms with Gasteiger partial charge in [-0.05, 0) is 57.5 Å². The second kappa shape index (κ2) is 5.18. The Morgan fingerprint density at radius 1 is 1.19 bits per heavy atom. The van der Waals surface area contributed by atoms with Gasteiger partial charge in [0.1, 0.15) is 0 Å². The van der Waals surface area contributed by atoms with Crippen LogP contribution >= 0.6 is 11.6 Å². The molecule has 0 radical (unpaired) electrons. The Kier molecular flexibility index (Phi) is 3.62. The van der Waals surface area contributed by atoms with Gasteiger partial charge in [0.2, 0.25) is 0 Å². The molecule has 1 heterocycles. The second-order valence-electron chi connectivity index (χ2n) is 6.52. The zero-order valence-electron chi connectivity index (χ0n) is 12.6. The van der Waals surface area contributed by atoms with Crippen molar-refractivity contribution in [1.82, 2.24) is 15.5 Å². The first-order chi connectivity index (χ1) is 9.96. The van der Waals surface area contributed by atoms with Crippen LogP contribution in [0.1, 0.15) is 31.2 Å². The van der Waals surface area contributed by atoms with Crippen molar-refractivity contribution in [3.8, 4) is 0 Å². The highest BCUT2D eigenvalue weighted by Gasteiger charge is 2.47. The number of hydrogen-bond donors (Lipinski definition) is 2. The van der Waals surface area contributed by atoms with E-state index in [-0.39, 0.29) is 17.1 Å². The van der Waals surface area contributed by atoms with Crippen LogP contribution in [0.2, 0.25) is 5.02 Å². The van der Waals surface area contributed by atoms with Gasteiger partial charge in [-0.15, -0.1) is 0 Å². The highest BCUT2D eigenvalue weighted by atomic mass is 35.5. The first-order valence-electron chi connectivity index (χ1n) is 7.45. The molecule has 2 amide bonds. The van der Waals surface area contributed by atoms with Crippen molar-refractivity contribution in [1.29, 1.82) is 0 Å². The molecule has 2 aliphatic rings. The lowest BCUT2D eigenvalue weighted by atomic mass is 9.69. The zero-order chi connectivity index (χ0) is 15.1. The Morgan fingerprint density at radius 2 is 1.90 bits per heavy atom. The van der Waals surface area contributed by atoms with Crippen molar-refractivity contribution in [2.75, 3.05) is 20.6 Å². The van der Waals surface area contributed by atoms with Crippen LogP contribution in [0.4, 0.5) is 4.79 Å². The van der Waals surface area contributed by atoms with Crippen molar-refractivity contribution in [2.24, 2.45) is 0 Å². The maximum absolute atomic E-state index is 11.5. The van der Waals surface area contributed by atoms with Gasteiger partial charge in [0.25, 0.3) is 0 Å². The molecule has 114 valence electrons. The molecule has 1 saturated heterocycles. The molecule has 1 spiro atoms. The minimum atomic E-state index is -0.0603. The van der Waals surface area contributed by atoms with E-state index in [2.05, 4.69) is 41.8 Å². The highest BCUT2D eigenvalue weighted by molar-refractivity contribution is 6.30. The maximum atomic E-state index is 11.5. The summed E-state index contributed by atoms with van der Waals surface area (Å²) >= 11 is 6.18. The minimum absolute atomic E-state index is 0.00344. The number of nitrogens with one attached hydrogen (secondary N) is 2. The fourth-order valence-electron chi connectivity index (χ4n) is 3.79. The minimum Gasteiger partial charge on any atom is -0.336 e. The van der Waals surface area contributed by atoms with Crippen LogP contribution in [-0.2, 0) is 5.54 Å². The molecule has 0 unspecified atom stereocenters. The first kappa shape index (κ1) is 14.7. The molecule has 0 bridgehead atoms. The summed E-state index contributed by atoms with van der Waals surface area (Å²) in [6.45, 7) is 0.741. The molecular weight excluding hydrogens is 286 g/mol. The van der Waals surface area contributed by atoms with Crippen LogP contribution in [-0.4, -0.2) is 37.1 Å². The Morgan fingerprint density at radius 3 is 2.43 bits per heavy atom. The number of halogens is 1. The summed E-state index contributed by atoms with van der Waals surface area (Å²) in [6.07, 6.45) is 4.00. The molecule has 1 saturated carbocycles. The van der Waals surface area contributed by atoms with Crippen LogP contribution in [0.15, 0.2) is 24.3 Å². The van der Waals surface area contributed by atoms with E-state index in [1.165, 1.54) is 5.56 Å². The van der Waals surface area contributed by atoms with E-state index in [0.29, 0.717) is 0 Å². The van der Waals surface area contributed by atoms with Gasteiger partial charge in [-0.25, -0.2) is 4.79 Å². The highest BCUT2D eigenvalue weighted by Crippen LogP contribution is 2.45. The number of benzene rings is 1. The first-order valence-corrected chi connectivity index (χ1v) is 7.83. The SMILES string of the molecule is CN(C)C1(c2cccc(Cl)c2)CCC2(CC1)CNC(=O)N2. The maximum Gasteiger partial charge on any atom is 0.315 e. The third-order valence-corrected chi connectivity index (χ3v) is 5.45. The van der Waals surface area contributed by atoms with E-state index in [0.717, 1.165) is 37.3 Å². The van der Waals surface area contributed by atoms with Crippen molar-refractivity contribution >= 4 is 17.6 Å². The molecular formula is C16H22ClN3O. The second-order valence-corrected chi connectivity index (χ2v) is 6.96. The summed E-state index contributed by atoms with van der Waals surface area (Å²) in [5, 5.41) is 6.80. The smallest absolute Gasteiger partial charge is 0.315 e. The van der Waals surface area contributed by atoms with Gasteiger partial charge >= 0.3 is 6.03 Å². The summed E-state index contributed by atoms with van der Waals surface area (Å²) in [7, 11) is 4.26. The van der Waals surface area contributed by atoms with E-state index in [4.69, 9.17) is 11.6 Å². The molecule has 0 aromatic heterocycles. The lowest BCUT2D eigenvalue weighted by molar-refractivity contribution is 0.0653.